The number of halogens is 1. The van der Waals surface area contributed by atoms with Gasteiger partial charge in [-0.3, -0.25) is 4.79 Å². The van der Waals surface area contributed by atoms with Crippen LogP contribution in [-0.2, 0) is 14.8 Å². The Labute approximate surface area is 167 Å². The summed E-state index contributed by atoms with van der Waals surface area (Å²) < 4.78 is 33.2. The molecule has 2 aromatic rings. The first kappa shape index (κ1) is 19.9. The second kappa shape index (κ2) is 8.41. The van der Waals surface area contributed by atoms with E-state index in [0.717, 1.165) is 16.6 Å². The normalized spacial score (nSPS) is 14.8. The minimum Gasteiger partial charge on any atom is -0.492 e. The molecule has 3 rings (SSSR count). The number of carbonyl (C=O) groups is 1. The SMILES string of the molecule is CN(CCOc1ccc(Br)cc1)S(=O)(=O)c1ccc(N2CCCC2=O)cc1. The van der Waals surface area contributed by atoms with Crippen molar-refractivity contribution in [1.82, 2.24) is 4.31 Å². The average molecular weight is 453 g/mol. The van der Waals surface area contributed by atoms with E-state index in [9.17, 15) is 13.2 Å². The zero-order chi connectivity index (χ0) is 19.4. The van der Waals surface area contributed by atoms with E-state index in [0.29, 0.717) is 18.7 Å². The van der Waals surface area contributed by atoms with Crippen molar-refractivity contribution in [3.8, 4) is 5.75 Å². The molecule has 1 saturated heterocycles. The van der Waals surface area contributed by atoms with E-state index in [1.54, 1.807) is 29.2 Å². The van der Waals surface area contributed by atoms with Crippen LogP contribution in [0.3, 0.4) is 0 Å². The summed E-state index contributed by atoms with van der Waals surface area (Å²) in [5.74, 6) is 0.761. The van der Waals surface area contributed by atoms with Gasteiger partial charge in [-0.2, -0.15) is 4.31 Å². The maximum absolute atomic E-state index is 12.7. The van der Waals surface area contributed by atoms with Gasteiger partial charge in [0.1, 0.15) is 12.4 Å². The molecule has 1 fully saturated rings. The fourth-order valence-electron chi connectivity index (χ4n) is 2.84. The fraction of sp³-hybridized carbons (Fsp3) is 0.316. The zero-order valence-electron chi connectivity index (χ0n) is 15.0. The first-order chi connectivity index (χ1) is 12.9. The van der Waals surface area contributed by atoms with Gasteiger partial charge in [0.05, 0.1) is 4.90 Å². The number of nitrogens with zero attached hydrogens (tertiary/aromatic N) is 2. The molecular formula is C19H21BrN2O4S. The highest BCUT2D eigenvalue weighted by Crippen LogP contribution is 2.24. The molecule has 0 saturated carbocycles. The molecule has 1 heterocycles. The summed E-state index contributed by atoms with van der Waals surface area (Å²) in [6.45, 7) is 1.15. The Bertz CT molecular complexity index is 898. The van der Waals surface area contributed by atoms with Gasteiger partial charge >= 0.3 is 0 Å². The number of sulfonamides is 1. The first-order valence-electron chi connectivity index (χ1n) is 8.63. The molecule has 1 amide bonds. The lowest BCUT2D eigenvalue weighted by atomic mass is 10.3. The number of carbonyl (C=O) groups excluding carboxylic acids is 1. The summed E-state index contributed by atoms with van der Waals surface area (Å²) in [6.07, 6.45) is 1.38. The summed E-state index contributed by atoms with van der Waals surface area (Å²) in [5.41, 5.74) is 0.734. The van der Waals surface area contributed by atoms with Gasteiger partial charge in [-0.25, -0.2) is 8.42 Å². The van der Waals surface area contributed by atoms with E-state index in [1.165, 1.54) is 11.4 Å². The molecule has 0 aromatic heterocycles. The molecule has 27 heavy (non-hydrogen) atoms. The van der Waals surface area contributed by atoms with Crippen LogP contribution in [0, 0.1) is 0 Å². The molecule has 0 spiro atoms. The fourth-order valence-corrected chi connectivity index (χ4v) is 4.26. The highest BCUT2D eigenvalue weighted by molar-refractivity contribution is 9.10. The second-order valence-corrected chi connectivity index (χ2v) is 9.23. The summed E-state index contributed by atoms with van der Waals surface area (Å²) >= 11 is 3.35. The van der Waals surface area contributed by atoms with Gasteiger partial charge in [-0.1, -0.05) is 15.9 Å². The maximum Gasteiger partial charge on any atom is 0.242 e. The minimum atomic E-state index is -3.61. The highest BCUT2D eigenvalue weighted by atomic mass is 79.9. The van der Waals surface area contributed by atoms with Crippen molar-refractivity contribution in [3.63, 3.8) is 0 Å². The molecule has 144 valence electrons. The van der Waals surface area contributed by atoms with E-state index in [-0.39, 0.29) is 24.0 Å². The number of hydrogen-bond acceptors (Lipinski definition) is 4. The Hall–Kier alpha value is -1.90. The van der Waals surface area contributed by atoms with Crippen molar-refractivity contribution < 1.29 is 17.9 Å². The Kier molecular flexibility index (Phi) is 6.18. The van der Waals surface area contributed by atoms with Crippen LogP contribution in [0.15, 0.2) is 57.9 Å². The van der Waals surface area contributed by atoms with Gasteiger partial charge in [-0.05, 0) is 55.0 Å². The predicted molar refractivity (Wildman–Crippen MR) is 107 cm³/mol. The molecule has 8 heteroatoms. The third-order valence-corrected chi connectivity index (χ3v) is 6.82. The van der Waals surface area contributed by atoms with E-state index in [4.69, 9.17) is 4.74 Å². The minimum absolute atomic E-state index is 0.0767. The second-order valence-electron chi connectivity index (χ2n) is 6.27. The van der Waals surface area contributed by atoms with Crippen LogP contribution in [-0.4, -0.2) is 45.4 Å². The van der Waals surface area contributed by atoms with Crippen LogP contribution in [0.2, 0.25) is 0 Å². The summed E-state index contributed by atoms with van der Waals surface area (Å²) in [4.78, 5) is 13.7. The van der Waals surface area contributed by atoms with Crippen LogP contribution in [0.25, 0.3) is 0 Å². The number of amides is 1. The largest absolute Gasteiger partial charge is 0.492 e. The zero-order valence-corrected chi connectivity index (χ0v) is 17.4. The monoisotopic (exact) mass is 452 g/mol. The van der Waals surface area contributed by atoms with E-state index in [1.807, 2.05) is 24.3 Å². The van der Waals surface area contributed by atoms with Gasteiger partial charge in [0.15, 0.2) is 0 Å². The highest BCUT2D eigenvalue weighted by Gasteiger charge is 2.24. The van der Waals surface area contributed by atoms with Crippen LogP contribution < -0.4 is 9.64 Å². The predicted octanol–water partition coefficient (Wildman–Crippen LogP) is 3.28. The topological polar surface area (TPSA) is 66.9 Å². The first-order valence-corrected chi connectivity index (χ1v) is 10.9. The summed E-state index contributed by atoms with van der Waals surface area (Å²) in [7, 11) is -2.09. The van der Waals surface area contributed by atoms with Gasteiger partial charge in [-0.15, -0.1) is 0 Å². The van der Waals surface area contributed by atoms with Crippen molar-refractivity contribution in [3.05, 3.63) is 53.0 Å². The molecule has 0 radical (unpaired) electrons. The number of ether oxygens (including phenoxy) is 1. The Morgan fingerprint density at radius 2 is 1.78 bits per heavy atom. The summed E-state index contributed by atoms with van der Waals surface area (Å²) in [6, 6.07) is 13.8. The van der Waals surface area contributed by atoms with Crippen LogP contribution in [0.4, 0.5) is 5.69 Å². The van der Waals surface area contributed by atoms with Crippen molar-refractivity contribution in [2.75, 3.05) is 31.6 Å². The quantitative estimate of drug-likeness (QED) is 0.646. The van der Waals surface area contributed by atoms with E-state index < -0.39 is 10.0 Å². The molecule has 6 nitrogen and oxygen atoms in total. The molecule has 1 aliphatic heterocycles. The Balaban J connectivity index is 1.60. The van der Waals surface area contributed by atoms with Crippen molar-refractivity contribution in [2.24, 2.45) is 0 Å². The van der Waals surface area contributed by atoms with Gasteiger partial charge in [0.2, 0.25) is 15.9 Å². The number of hydrogen-bond donors (Lipinski definition) is 0. The molecule has 0 bridgehead atoms. The van der Waals surface area contributed by atoms with Crippen LogP contribution >= 0.6 is 15.9 Å². The van der Waals surface area contributed by atoms with Gasteiger partial charge < -0.3 is 9.64 Å². The molecule has 0 unspecified atom stereocenters. The molecule has 1 aliphatic rings. The van der Waals surface area contributed by atoms with Crippen molar-refractivity contribution >= 4 is 37.5 Å². The lowest BCUT2D eigenvalue weighted by Crippen LogP contribution is -2.31. The third-order valence-electron chi connectivity index (χ3n) is 4.42. The number of benzene rings is 2. The average Bonchev–Trinajstić information content (AvgIpc) is 3.09. The van der Waals surface area contributed by atoms with E-state index >= 15 is 0 Å². The number of rotatable bonds is 7. The lowest BCUT2D eigenvalue weighted by molar-refractivity contribution is -0.117. The van der Waals surface area contributed by atoms with Gasteiger partial charge in [0.25, 0.3) is 0 Å². The van der Waals surface area contributed by atoms with Crippen LogP contribution in [0.1, 0.15) is 12.8 Å². The molecular weight excluding hydrogens is 432 g/mol. The maximum atomic E-state index is 12.7. The summed E-state index contributed by atoms with van der Waals surface area (Å²) in [5, 5.41) is 0. The van der Waals surface area contributed by atoms with Crippen molar-refractivity contribution in [2.45, 2.75) is 17.7 Å². The molecule has 0 N–H and O–H groups in total. The van der Waals surface area contributed by atoms with E-state index in [2.05, 4.69) is 15.9 Å². The number of anilines is 1. The molecule has 0 atom stereocenters. The number of likely N-dealkylation sites (N-methyl/N-ethyl adjacent to an activating group) is 1. The lowest BCUT2D eigenvalue weighted by Gasteiger charge is -2.19. The smallest absolute Gasteiger partial charge is 0.242 e. The standard InChI is InChI=1S/C19H21BrN2O4S/c1-21(13-14-26-17-8-4-15(20)5-9-17)27(24,25)18-10-6-16(7-11-18)22-12-2-3-19(22)23/h4-11H,2-3,12-14H2,1H3. The molecule has 2 aromatic carbocycles. The van der Waals surface area contributed by atoms with Crippen LogP contribution in [0.5, 0.6) is 5.75 Å². The van der Waals surface area contributed by atoms with Gasteiger partial charge in [0, 0.05) is 36.7 Å². The Morgan fingerprint density at radius 3 is 2.37 bits per heavy atom. The Morgan fingerprint density at radius 1 is 1.11 bits per heavy atom. The third kappa shape index (κ3) is 4.69. The van der Waals surface area contributed by atoms with Crippen molar-refractivity contribution in [1.29, 1.82) is 0 Å². The molecule has 0 aliphatic carbocycles.